The van der Waals surface area contributed by atoms with E-state index in [-0.39, 0.29) is 29.6 Å². The number of hydrogen-bond acceptors (Lipinski definition) is 2. The second kappa shape index (κ2) is 7.45. The van der Waals surface area contributed by atoms with E-state index in [9.17, 15) is 4.79 Å². The highest BCUT2D eigenvalue weighted by molar-refractivity contribution is 5.93. The molecule has 0 radical (unpaired) electrons. The molecule has 0 aromatic heterocycles. The Morgan fingerprint density at radius 2 is 1.71 bits per heavy atom. The number of nitrogens with two attached hydrogens (primary N) is 1. The summed E-state index contributed by atoms with van der Waals surface area (Å²) in [5.41, 5.74) is 8.53. The molecule has 0 aliphatic heterocycles. The molecule has 4 heteroatoms. The van der Waals surface area contributed by atoms with Gasteiger partial charge in [0.2, 0.25) is 5.91 Å². The van der Waals surface area contributed by atoms with Gasteiger partial charge < -0.3 is 11.1 Å². The van der Waals surface area contributed by atoms with E-state index in [4.69, 9.17) is 5.73 Å². The fourth-order valence-corrected chi connectivity index (χ4v) is 4.48. The first-order chi connectivity index (χ1) is 10.9. The smallest absolute Gasteiger partial charge is 0.227 e. The molecule has 2 unspecified atom stereocenters. The number of benzene rings is 1. The molecule has 1 aromatic rings. The lowest BCUT2D eigenvalue weighted by Crippen LogP contribution is -2.48. The van der Waals surface area contributed by atoms with Gasteiger partial charge in [0, 0.05) is 17.6 Å². The van der Waals surface area contributed by atoms with Gasteiger partial charge in [0.25, 0.3) is 0 Å². The average molecular weight is 351 g/mol. The lowest BCUT2D eigenvalue weighted by atomic mass is 9.65. The number of halogens is 1. The first-order valence-corrected chi connectivity index (χ1v) is 9.02. The molecule has 0 saturated heterocycles. The average Bonchev–Trinajstić information content (AvgIpc) is 2.46. The lowest BCUT2D eigenvalue weighted by Gasteiger charge is -2.43. The van der Waals surface area contributed by atoms with Crippen molar-refractivity contribution in [3.05, 3.63) is 29.8 Å². The lowest BCUT2D eigenvalue weighted by molar-refractivity contribution is -0.122. The first kappa shape index (κ1) is 19.3. The van der Waals surface area contributed by atoms with Crippen LogP contribution in [-0.4, -0.2) is 11.9 Å². The summed E-state index contributed by atoms with van der Waals surface area (Å²) < 4.78 is 0. The van der Waals surface area contributed by atoms with Gasteiger partial charge in [-0.05, 0) is 54.6 Å². The maximum Gasteiger partial charge on any atom is 0.227 e. The summed E-state index contributed by atoms with van der Waals surface area (Å²) in [7, 11) is 0. The number of carbonyl (C=O) groups is 1. The van der Waals surface area contributed by atoms with Crippen LogP contribution in [-0.2, 0) is 10.2 Å². The summed E-state index contributed by atoms with van der Waals surface area (Å²) in [5, 5.41) is 3.21. The summed E-state index contributed by atoms with van der Waals surface area (Å²) in [4.78, 5) is 12.8. The zero-order chi connectivity index (χ0) is 16.6. The molecular weight excluding hydrogens is 320 g/mol. The van der Waals surface area contributed by atoms with Gasteiger partial charge in [-0.1, -0.05) is 45.4 Å². The Bertz CT molecular complexity index is 567. The van der Waals surface area contributed by atoms with Crippen molar-refractivity contribution in [1.29, 1.82) is 0 Å². The highest BCUT2D eigenvalue weighted by Crippen LogP contribution is 2.42. The number of amides is 1. The molecule has 2 bridgehead atoms. The van der Waals surface area contributed by atoms with Crippen LogP contribution in [0.2, 0.25) is 0 Å². The third kappa shape index (κ3) is 3.94. The molecule has 1 amide bonds. The normalized spacial score (nSPS) is 29.5. The van der Waals surface area contributed by atoms with E-state index in [1.807, 2.05) is 18.2 Å². The van der Waals surface area contributed by atoms with Crippen LogP contribution in [0.25, 0.3) is 0 Å². The molecule has 2 aliphatic rings. The van der Waals surface area contributed by atoms with Crippen LogP contribution in [0.5, 0.6) is 0 Å². The third-order valence-corrected chi connectivity index (χ3v) is 5.78. The monoisotopic (exact) mass is 350 g/mol. The summed E-state index contributed by atoms with van der Waals surface area (Å²) in [6.07, 6.45) is 5.59. The van der Waals surface area contributed by atoms with Crippen molar-refractivity contribution in [2.24, 2.45) is 23.5 Å². The van der Waals surface area contributed by atoms with E-state index in [1.54, 1.807) is 0 Å². The summed E-state index contributed by atoms with van der Waals surface area (Å²) >= 11 is 0. The predicted octanol–water partition coefficient (Wildman–Crippen LogP) is 4.50. The molecule has 1 aromatic carbocycles. The van der Waals surface area contributed by atoms with Crippen molar-refractivity contribution in [2.45, 2.75) is 64.3 Å². The number of anilines is 1. The topological polar surface area (TPSA) is 55.1 Å². The SMILES string of the molecule is CC(C)(C)c1ccccc1NC(=O)C1CC2CCCC(C1)C2N.Cl. The number of hydrogen-bond donors (Lipinski definition) is 2. The predicted molar refractivity (Wildman–Crippen MR) is 103 cm³/mol. The van der Waals surface area contributed by atoms with Crippen molar-refractivity contribution >= 4 is 24.0 Å². The third-order valence-electron chi connectivity index (χ3n) is 5.78. The molecule has 3 rings (SSSR count). The van der Waals surface area contributed by atoms with Gasteiger partial charge in [0.1, 0.15) is 0 Å². The van der Waals surface area contributed by atoms with Crippen LogP contribution in [0, 0.1) is 17.8 Å². The van der Waals surface area contributed by atoms with E-state index in [1.165, 1.54) is 24.8 Å². The molecule has 2 atom stereocenters. The molecule has 134 valence electrons. The van der Waals surface area contributed by atoms with E-state index >= 15 is 0 Å². The Balaban J connectivity index is 0.00000208. The van der Waals surface area contributed by atoms with Crippen LogP contribution in [0.4, 0.5) is 5.69 Å². The quantitative estimate of drug-likeness (QED) is 0.825. The van der Waals surface area contributed by atoms with E-state index in [0.717, 1.165) is 18.5 Å². The summed E-state index contributed by atoms with van der Waals surface area (Å²) in [6.45, 7) is 6.55. The van der Waals surface area contributed by atoms with Crippen molar-refractivity contribution in [3.8, 4) is 0 Å². The zero-order valence-electron chi connectivity index (χ0n) is 15.0. The van der Waals surface area contributed by atoms with Crippen molar-refractivity contribution in [2.75, 3.05) is 5.32 Å². The minimum absolute atomic E-state index is 0. The van der Waals surface area contributed by atoms with Gasteiger partial charge in [-0.25, -0.2) is 0 Å². The number of carbonyl (C=O) groups excluding carboxylic acids is 1. The van der Waals surface area contributed by atoms with Gasteiger partial charge in [0.15, 0.2) is 0 Å². The largest absolute Gasteiger partial charge is 0.327 e. The number of nitrogens with one attached hydrogen (secondary N) is 1. The fraction of sp³-hybridized carbons (Fsp3) is 0.650. The maximum atomic E-state index is 12.8. The Morgan fingerprint density at radius 3 is 2.29 bits per heavy atom. The molecule has 2 fully saturated rings. The Labute approximate surface area is 152 Å². The molecule has 3 nitrogen and oxygen atoms in total. The van der Waals surface area contributed by atoms with Crippen molar-refractivity contribution < 1.29 is 4.79 Å². The van der Waals surface area contributed by atoms with Gasteiger partial charge in [0.05, 0.1) is 0 Å². The molecule has 0 heterocycles. The minimum atomic E-state index is 0. The summed E-state index contributed by atoms with van der Waals surface area (Å²) in [6, 6.07) is 8.49. The first-order valence-electron chi connectivity index (χ1n) is 9.02. The highest BCUT2D eigenvalue weighted by Gasteiger charge is 2.40. The molecule has 2 saturated carbocycles. The van der Waals surface area contributed by atoms with E-state index in [2.05, 4.69) is 32.2 Å². The molecular formula is C20H31ClN2O. The second-order valence-electron chi connectivity index (χ2n) is 8.48. The Kier molecular flexibility index (Phi) is 5.98. The van der Waals surface area contributed by atoms with Crippen LogP contribution < -0.4 is 11.1 Å². The van der Waals surface area contributed by atoms with Crippen molar-refractivity contribution in [3.63, 3.8) is 0 Å². The highest BCUT2D eigenvalue weighted by atomic mass is 35.5. The summed E-state index contributed by atoms with van der Waals surface area (Å²) in [5.74, 6) is 1.39. The molecule has 2 aliphatic carbocycles. The van der Waals surface area contributed by atoms with Gasteiger partial charge in [-0.15, -0.1) is 12.4 Å². The second-order valence-corrected chi connectivity index (χ2v) is 8.48. The number of rotatable bonds is 2. The number of fused-ring (bicyclic) bond motifs is 2. The van der Waals surface area contributed by atoms with Crippen LogP contribution in [0.3, 0.4) is 0 Å². The van der Waals surface area contributed by atoms with Gasteiger partial charge >= 0.3 is 0 Å². The molecule has 0 spiro atoms. The maximum absolute atomic E-state index is 12.8. The Hall–Kier alpha value is -1.06. The van der Waals surface area contributed by atoms with Gasteiger partial charge in [-0.2, -0.15) is 0 Å². The van der Waals surface area contributed by atoms with E-state index in [0.29, 0.717) is 17.9 Å². The van der Waals surface area contributed by atoms with Crippen molar-refractivity contribution in [1.82, 2.24) is 0 Å². The minimum Gasteiger partial charge on any atom is -0.327 e. The fourth-order valence-electron chi connectivity index (χ4n) is 4.48. The Morgan fingerprint density at radius 1 is 1.12 bits per heavy atom. The standard InChI is InChI=1S/C20H30N2O.ClH/c1-20(2,3)16-9-4-5-10-17(16)22-19(23)15-11-13-7-6-8-14(12-15)18(13)21;/h4-5,9-10,13-15,18H,6-8,11-12,21H2,1-3H3,(H,22,23);1H. The van der Waals surface area contributed by atoms with Crippen LogP contribution in [0.1, 0.15) is 58.4 Å². The molecule has 3 N–H and O–H groups in total. The van der Waals surface area contributed by atoms with E-state index < -0.39 is 0 Å². The van der Waals surface area contributed by atoms with Crippen LogP contribution in [0.15, 0.2) is 24.3 Å². The van der Waals surface area contributed by atoms with Gasteiger partial charge in [-0.3, -0.25) is 4.79 Å². The van der Waals surface area contributed by atoms with Crippen LogP contribution >= 0.6 is 12.4 Å². The zero-order valence-corrected chi connectivity index (χ0v) is 15.9. The number of para-hydroxylation sites is 1. The molecule has 24 heavy (non-hydrogen) atoms.